The molecule has 3 rings (SSSR count). The fourth-order valence-corrected chi connectivity index (χ4v) is 4.46. The van der Waals surface area contributed by atoms with Crippen molar-refractivity contribution in [3.8, 4) is 5.75 Å². The van der Waals surface area contributed by atoms with E-state index in [1.807, 2.05) is 12.1 Å². The molecule has 0 fully saturated rings. The molecule has 3 aromatic rings. The molecule has 1 amide bonds. The first-order valence-electron chi connectivity index (χ1n) is 9.58. The molecule has 162 valence electrons. The predicted octanol–water partition coefficient (Wildman–Crippen LogP) is 3.91. The Balaban J connectivity index is 1.83. The monoisotopic (exact) mass is 442 g/mol. The van der Waals surface area contributed by atoms with Gasteiger partial charge in [-0.15, -0.1) is 0 Å². The van der Waals surface area contributed by atoms with E-state index in [9.17, 15) is 17.6 Å². The number of rotatable bonds is 8. The number of hydrogen-bond donors (Lipinski definition) is 1. The zero-order chi connectivity index (χ0) is 22.4. The largest absolute Gasteiger partial charge is 0.497 e. The first-order valence-corrected chi connectivity index (χ1v) is 11.0. The third-order valence-electron chi connectivity index (χ3n) is 4.73. The molecule has 3 aromatic carbocycles. The number of sulfonamides is 1. The summed E-state index contributed by atoms with van der Waals surface area (Å²) >= 11 is 0. The van der Waals surface area contributed by atoms with Gasteiger partial charge in [0.15, 0.2) is 0 Å². The molecule has 6 nitrogen and oxygen atoms in total. The van der Waals surface area contributed by atoms with Crippen LogP contribution in [0.15, 0.2) is 83.8 Å². The van der Waals surface area contributed by atoms with Gasteiger partial charge in [0.2, 0.25) is 5.91 Å². The summed E-state index contributed by atoms with van der Waals surface area (Å²) in [6.45, 7) is 1.38. The Hall–Kier alpha value is -3.39. The second-order valence-electron chi connectivity index (χ2n) is 6.86. The van der Waals surface area contributed by atoms with Crippen molar-refractivity contribution in [2.75, 3.05) is 18.0 Å². The third kappa shape index (κ3) is 5.40. The van der Waals surface area contributed by atoms with Gasteiger partial charge in [-0.3, -0.25) is 9.10 Å². The van der Waals surface area contributed by atoms with E-state index in [1.54, 1.807) is 56.5 Å². The number of hydrogen-bond acceptors (Lipinski definition) is 4. The molecule has 0 heterocycles. The fraction of sp³-hybridized carbons (Fsp3) is 0.174. The van der Waals surface area contributed by atoms with E-state index in [-0.39, 0.29) is 10.9 Å². The number of carbonyl (C=O) groups is 1. The number of methoxy groups -OCH3 is 1. The number of amides is 1. The van der Waals surface area contributed by atoms with Crippen molar-refractivity contribution in [3.63, 3.8) is 0 Å². The summed E-state index contributed by atoms with van der Waals surface area (Å²) in [6.07, 6.45) is 0. The van der Waals surface area contributed by atoms with E-state index < -0.39 is 28.3 Å². The summed E-state index contributed by atoms with van der Waals surface area (Å²) in [4.78, 5) is 12.7. The number of nitrogens with one attached hydrogen (secondary N) is 1. The van der Waals surface area contributed by atoms with Crippen LogP contribution in [0.4, 0.5) is 10.1 Å². The topological polar surface area (TPSA) is 75.7 Å². The predicted molar refractivity (Wildman–Crippen MR) is 117 cm³/mol. The Morgan fingerprint density at radius 1 is 1.00 bits per heavy atom. The van der Waals surface area contributed by atoms with Crippen molar-refractivity contribution < 1.29 is 22.3 Å². The molecular formula is C23H23FN2O4S. The Morgan fingerprint density at radius 2 is 1.61 bits per heavy atom. The number of ether oxygens (including phenoxy) is 1. The summed E-state index contributed by atoms with van der Waals surface area (Å²) in [5.41, 5.74) is 1.18. The van der Waals surface area contributed by atoms with Gasteiger partial charge < -0.3 is 10.1 Å². The summed E-state index contributed by atoms with van der Waals surface area (Å²) in [7, 11) is -2.52. The van der Waals surface area contributed by atoms with Crippen LogP contribution >= 0.6 is 0 Å². The Kier molecular flexibility index (Phi) is 6.91. The van der Waals surface area contributed by atoms with Gasteiger partial charge >= 0.3 is 0 Å². The minimum absolute atomic E-state index is 0.103. The van der Waals surface area contributed by atoms with E-state index in [2.05, 4.69) is 5.32 Å². The first-order chi connectivity index (χ1) is 14.8. The summed E-state index contributed by atoms with van der Waals surface area (Å²) in [5, 5.41) is 2.82. The van der Waals surface area contributed by atoms with Gasteiger partial charge in [-0.25, -0.2) is 12.8 Å². The van der Waals surface area contributed by atoms with Crippen LogP contribution in [0.2, 0.25) is 0 Å². The third-order valence-corrected chi connectivity index (χ3v) is 6.51. The molecule has 0 aliphatic carbocycles. The van der Waals surface area contributed by atoms with E-state index >= 15 is 0 Å². The van der Waals surface area contributed by atoms with E-state index in [0.29, 0.717) is 11.4 Å². The van der Waals surface area contributed by atoms with Gasteiger partial charge in [-0.2, -0.15) is 0 Å². The average Bonchev–Trinajstić information content (AvgIpc) is 2.78. The van der Waals surface area contributed by atoms with Crippen molar-refractivity contribution >= 4 is 21.6 Å². The normalized spacial score (nSPS) is 12.1. The SMILES string of the molecule is COc1ccc(C(C)NC(=O)CN(c2ccccc2)S(=O)(=O)c2ccc(F)cc2)cc1. The van der Waals surface area contributed by atoms with Crippen molar-refractivity contribution in [2.24, 2.45) is 0 Å². The lowest BCUT2D eigenvalue weighted by Crippen LogP contribution is -2.41. The molecular weight excluding hydrogens is 419 g/mol. The van der Waals surface area contributed by atoms with Crippen LogP contribution < -0.4 is 14.4 Å². The zero-order valence-electron chi connectivity index (χ0n) is 17.2. The Bertz CT molecular complexity index is 1120. The van der Waals surface area contributed by atoms with Gasteiger partial charge in [0, 0.05) is 0 Å². The minimum atomic E-state index is -4.09. The molecule has 1 atom stereocenters. The number of anilines is 1. The standard InChI is InChI=1S/C23H23FN2O4S/c1-17(18-8-12-21(30-2)13-9-18)25-23(27)16-26(20-6-4-3-5-7-20)31(28,29)22-14-10-19(24)11-15-22/h3-15,17H,16H2,1-2H3,(H,25,27). The highest BCUT2D eigenvalue weighted by atomic mass is 32.2. The van der Waals surface area contributed by atoms with Crippen molar-refractivity contribution in [3.05, 3.63) is 90.2 Å². The lowest BCUT2D eigenvalue weighted by molar-refractivity contribution is -0.120. The maximum Gasteiger partial charge on any atom is 0.264 e. The van der Waals surface area contributed by atoms with Crippen LogP contribution in [-0.4, -0.2) is 28.0 Å². The van der Waals surface area contributed by atoms with E-state index in [4.69, 9.17) is 4.74 Å². The number of benzene rings is 3. The summed E-state index contributed by atoms with van der Waals surface area (Å²) < 4.78 is 45.9. The number of nitrogens with zero attached hydrogens (tertiary/aromatic N) is 1. The quantitative estimate of drug-likeness (QED) is 0.574. The van der Waals surface area contributed by atoms with E-state index in [0.717, 1.165) is 22.0 Å². The maximum atomic E-state index is 13.3. The fourth-order valence-electron chi connectivity index (χ4n) is 3.04. The van der Waals surface area contributed by atoms with E-state index in [1.165, 1.54) is 12.1 Å². The highest BCUT2D eigenvalue weighted by Gasteiger charge is 2.27. The Labute approximate surface area is 181 Å². The van der Waals surface area contributed by atoms with Crippen molar-refractivity contribution in [2.45, 2.75) is 17.9 Å². The molecule has 0 aromatic heterocycles. The van der Waals surface area contributed by atoms with Crippen LogP contribution in [0.1, 0.15) is 18.5 Å². The van der Waals surface area contributed by atoms with Crippen molar-refractivity contribution in [1.29, 1.82) is 0 Å². The van der Waals surface area contributed by atoms with Gasteiger partial charge in [0.05, 0.1) is 23.7 Å². The highest BCUT2D eigenvalue weighted by molar-refractivity contribution is 7.92. The van der Waals surface area contributed by atoms with Gasteiger partial charge in [-0.1, -0.05) is 30.3 Å². The Morgan fingerprint density at radius 3 is 2.19 bits per heavy atom. The molecule has 0 bridgehead atoms. The molecule has 8 heteroatoms. The van der Waals surface area contributed by atoms with Gasteiger partial charge in [-0.05, 0) is 61.0 Å². The molecule has 0 spiro atoms. The molecule has 0 aliphatic heterocycles. The van der Waals surface area contributed by atoms with Gasteiger partial charge in [0.1, 0.15) is 18.1 Å². The molecule has 0 aliphatic rings. The lowest BCUT2D eigenvalue weighted by Gasteiger charge is -2.25. The molecule has 0 saturated carbocycles. The zero-order valence-corrected chi connectivity index (χ0v) is 18.0. The van der Waals surface area contributed by atoms with Crippen LogP contribution in [-0.2, 0) is 14.8 Å². The second kappa shape index (κ2) is 9.61. The first kappa shape index (κ1) is 22.3. The summed E-state index contributed by atoms with van der Waals surface area (Å²) in [6, 6.07) is 19.7. The molecule has 31 heavy (non-hydrogen) atoms. The van der Waals surface area contributed by atoms with Gasteiger partial charge in [0.25, 0.3) is 10.0 Å². The second-order valence-corrected chi connectivity index (χ2v) is 8.73. The molecule has 1 N–H and O–H groups in total. The van der Waals surface area contributed by atoms with Crippen LogP contribution in [0.3, 0.4) is 0 Å². The number of halogens is 1. The summed E-state index contributed by atoms with van der Waals surface area (Å²) in [5.74, 6) is -0.322. The minimum Gasteiger partial charge on any atom is -0.497 e. The average molecular weight is 443 g/mol. The van der Waals surface area contributed by atoms with Crippen molar-refractivity contribution in [1.82, 2.24) is 5.32 Å². The molecule has 1 unspecified atom stereocenters. The van der Waals surface area contributed by atoms with Crippen LogP contribution in [0, 0.1) is 5.82 Å². The molecule has 0 radical (unpaired) electrons. The number of para-hydroxylation sites is 1. The van der Waals surface area contributed by atoms with Crippen LogP contribution in [0.25, 0.3) is 0 Å². The van der Waals surface area contributed by atoms with Crippen LogP contribution in [0.5, 0.6) is 5.75 Å². The highest BCUT2D eigenvalue weighted by Crippen LogP contribution is 2.24. The number of carbonyl (C=O) groups excluding carboxylic acids is 1. The lowest BCUT2D eigenvalue weighted by atomic mass is 10.1. The maximum absolute atomic E-state index is 13.3. The smallest absolute Gasteiger partial charge is 0.264 e. The molecule has 0 saturated heterocycles.